The van der Waals surface area contributed by atoms with Crippen LogP contribution in [0.2, 0.25) is 0 Å². The molecule has 1 aromatic rings. The normalized spacial score (nSPS) is 16.0. The number of anilines is 1. The molecule has 4 atom stereocenters. The third-order valence-corrected chi connectivity index (χ3v) is 5.88. The fourth-order valence-electron chi connectivity index (χ4n) is 3.88. The first-order valence-corrected chi connectivity index (χ1v) is 10.8. The maximum absolute atomic E-state index is 11.0. The molecule has 0 aromatic heterocycles. The fraction of sp³-hybridized carbons (Fsp3) is 0.739. The Morgan fingerprint density at radius 2 is 1.41 bits per heavy atom. The highest BCUT2D eigenvalue weighted by Gasteiger charge is 2.26. The van der Waals surface area contributed by atoms with Crippen molar-refractivity contribution in [2.75, 3.05) is 12.8 Å². The van der Waals surface area contributed by atoms with Crippen LogP contribution in [0, 0.1) is 11.8 Å². The largest absolute Gasteiger partial charge is 0.495 e. The zero-order chi connectivity index (χ0) is 20.4. The van der Waals surface area contributed by atoms with E-state index in [1.807, 2.05) is 12.1 Å². The van der Waals surface area contributed by atoms with E-state index in [0.29, 0.717) is 17.0 Å². The summed E-state index contributed by atoms with van der Waals surface area (Å²) < 4.78 is 5.47. The number of nitrogen functional groups attached to an aromatic ring is 1. The van der Waals surface area contributed by atoms with Gasteiger partial charge in [0.05, 0.1) is 25.0 Å². The summed E-state index contributed by atoms with van der Waals surface area (Å²) in [5.74, 6) is 0.896. The fourth-order valence-corrected chi connectivity index (χ4v) is 3.88. The number of benzene rings is 1. The number of aliphatic hydroxyl groups is 2. The highest BCUT2D eigenvalue weighted by Crippen LogP contribution is 2.40. The Bertz CT molecular complexity index is 547. The highest BCUT2D eigenvalue weighted by atomic mass is 16.5. The second-order valence-corrected chi connectivity index (χ2v) is 7.74. The summed E-state index contributed by atoms with van der Waals surface area (Å²) in [6, 6.07) is 3.73. The van der Waals surface area contributed by atoms with Crippen LogP contribution in [0.15, 0.2) is 12.1 Å². The van der Waals surface area contributed by atoms with E-state index >= 15 is 0 Å². The van der Waals surface area contributed by atoms with Crippen molar-refractivity contribution in [1.82, 2.24) is 0 Å². The molecule has 4 heteroatoms. The minimum Gasteiger partial charge on any atom is -0.495 e. The third-order valence-electron chi connectivity index (χ3n) is 5.88. The summed E-state index contributed by atoms with van der Waals surface area (Å²) in [6.45, 7) is 8.55. The number of methoxy groups -OCH3 is 1. The molecule has 0 saturated heterocycles. The predicted octanol–water partition coefficient (Wildman–Crippen LogP) is 5.78. The number of aliphatic hydroxyl groups excluding tert-OH is 2. The maximum Gasteiger partial charge on any atom is 0.142 e. The van der Waals surface area contributed by atoms with E-state index in [0.717, 1.165) is 56.9 Å². The summed E-state index contributed by atoms with van der Waals surface area (Å²) in [5.41, 5.74) is 8.28. The lowest BCUT2D eigenvalue weighted by molar-refractivity contribution is 0.0930. The van der Waals surface area contributed by atoms with Crippen LogP contribution in [0.5, 0.6) is 5.75 Å². The maximum atomic E-state index is 11.0. The lowest BCUT2D eigenvalue weighted by Gasteiger charge is -2.27. The van der Waals surface area contributed by atoms with Crippen molar-refractivity contribution in [3.63, 3.8) is 0 Å². The van der Waals surface area contributed by atoms with E-state index in [-0.39, 0.29) is 11.8 Å². The van der Waals surface area contributed by atoms with Crippen LogP contribution in [-0.4, -0.2) is 17.3 Å². The molecule has 4 unspecified atom stereocenters. The molecule has 0 aliphatic heterocycles. The summed E-state index contributed by atoms with van der Waals surface area (Å²) in [7, 11) is 1.58. The molecule has 0 saturated carbocycles. The number of nitrogens with two attached hydrogens (primary N) is 1. The lowest BCUT2D eigenvalue weighted by atomic mass is 9.84. The number of hydrogen-bond acceptors (Lipinski definition) is 4. The van der Waals surface area contributed by atoms with Crippen LogP contribution in [-0.2, 0) is 0 Å². The van der Waals surface area contributed by atoms with Crippen LogP contribution in [0.3, 0.4) is 0 Å². The minimum absolute atomic E-state index is 0.159. The molecule has 27 heavy (non-hydrogen) atoms. The molecule has 0 aliphatic rings. The van der Waals surface area contributed by atoms with Crippen LogP contribution in [0.1, 0.15) is 102 Å². The number of ether oxygens (including phenoxy) is 1. The zero-order valence-corrected chi connectivity index (χ0v) is 18.0. The van der Waals surface area contributed by atoms with Crippen LogP contribution >= 0.6 is 0 Å². The average Bonchev–Trinajstić information content (AvgIpc) is 2.68. The molecule has 0 aliphatic carbocycles. The van der Waals surface area contributed by atoms with Gasteiger partial charge >= 0.3 is 0 Å². The van der Waals surface area contributed by atoms with E-state index < -0.39 is 12.2 Å². The molecule has 0 amide bonds. The smallest absolute Gasteiger partial charge is 0.142 e. The molecule has 0 radical (unpaired) electrons. The summed E-state index contributed by atoms with van der Waals surface area (Å²) in [4.78, 5) is 0. The van der Waals surface area contributed by atoms with Gasteiger partial charge in [-0.3, -0.25) is 0 Å². The van der Waals surface area contributed by atoms with Gasteiger partial charge in [0, 0.05) is 5.56 Å². The van der Waals surface area contributed by atoms with Gasteiger partial charge in [-0.15, -0.1) is 0 Å². The molecule has 156 valence electrons. The second kappa shape index (κ2) is 12.2. The molecule has 0 heterocycles. The Morgan fingerprint density at radius 3 is 1.85 bits per heavy atom. The number of rotatable bonds is 13. The van der Waals surface area contributed by atoms with E-state index in [4.69, 9.17) is 10.5 Å². The van der Waals surface area contributed by atoms with E-state index in [1.54, 1.807) is 7.11 Å². The summed E-state index contributed by atoms with van der Waals surface area (Å²) in [5, 5.41) is 22.0. The first-order valence-electron chi connectivity index (χ1n) is 10.8. The minimum atomic E-state index is -0.640. The molecule has 1 aromatic carbocycles. The van der Waals surface area contributed by atoms with Gasteiger partial charge in [0.25, 0.3) is 0 Å². The van der Waals surface area contributed by atoms with Crippen molar-refractivity contribution >= 4 is 5.69 Å². The molecule has 0 fully saturated rings. The SMILES string of the molecule is CCCCC(CC)C(O)c1cc(OC)c(N)c(C(O)C(CC)CCCC)c1. The standard InChI is InChI=1S/C23H41NO3/c1-6-10-12-16(8-3)22(25)18-14-19(21(24)20(15-18)27-5)23(26)17(9-4)13-11-7-2/h14-17,22-23,25-26H,6-13,24H2,1-5H3. The van der Waals surface area contributed by atoms with Gasteiger partial charge in [0.2, 0.25) is 0 Å². The third kappa shape index (κ3) is 6.39. The molecular weight excluding hydrogens is 338 g/mol. The average molecular weight is 380 g/mol. The Kier molecular flexibility index (Phi) is 10.8. The Hall–Kier alpha value is -1.26. The van der Waals surface area contributed by atoms with Crippen molar-refractivity contribution in [3.05, 3.63) is 23.3 Å². The molecule has 4 nitrogen and oxygen atoms in total. The van der Waals surface area contributed by atoms with Gasteiger partial charge in [0.15, 0.2) is 0 Å². The van der Waals surface area contributed by atoms with E-state index in [1.165, 1.54) is 0 Å². The van der Waals surface area contributed by atoms with Gasteiger partial charge in [0.1, 0.15) is 5.75 Å². The van der Waals surface area contributed by atoms with Crippen LogP contribution in [0.4, 0.5) is 5.69 Å². The van der Waals surface area contributed by atoms with Crippen molar-refractivity contribution < 1.29 is 14.9 Å². The van der Waals surface area contributed by atoms with Gasteiger partial charge in [-0.05, 0) is 42.4 Å². The molecule has 0 spiro atoms. The molecule has 1 rings (SSSR count). The Balaban J connectivity index is 3.23. The summed E-state index contributed by atoms with van der Waals surface area (Å²) in [6.07, 6.45) is 6.98. The first kappa shape index (κ1) is 23.8. The van der Waals surface area contributed by atoms with Gasteiger partial charge < -0.3 is 20.7 Å². The Morgan fingerprint density at radius 1 is 0.889 bits per heavy atom. The van der Waals surface area contributed by atoms with Crippen molar-refractivity contribution in [3.8, 4) is 5.75 Å². The van der Waals surface area contributed by atoms with Crippen molar-refractivity contribution in [2.45, 2.75) is 91.3 Å². The molecule has 0 bridgehead atoms. The topological polar surface area (TPSA) is 75.7 Å². The lowest BCUT2D eigenvalue weighted by Crippen LogP contribution is -2.17. The van der Waals surface area contributed by atoms with Crippen LogP contribution < -0.4 is 10.5 Å². The van der Waals surface area contributed by atoms with Crippen molar-refractivity contribution in [1.29, 1.82) is 0 Å². The van der Waals surface area contributed by atoms with Gasteiger partial charge in [-0.1, -0.05) is 66.2 Å². The quantitative estimate of drug-likeness (QED) is 0.380. The molecule has 4 N–H and O–H groups in total. The van der Waals surface area contributed by atoms with Crippen molar-refractivity contribution in [2.24, 2.45) is 11.8 Å². The van der Waals surface area contributed by atoms with E-state index in [9.17, 15) is 10.2 Å². The monoisotopic (exact) mass is 379 g/mol. The Labute approximate surface area is 166 Å². The van der Waals surface area contributed by atoms with Gasteiger partial charge in [-0.2, -0.15) is 0 Å². The predicted molar refractivity (Wildman–Crippen MR) is 114 cm³/mol. The number of unbranched alkanes of at least 4 members (excludes halogenated alkanes) is 2. The van der Waals surface area contributed by atoms with Crippen LogP contribution in [0.25, 0.3) is 0 Å². The molecular formula is C23H41NO3. The number of hydrogen-bond donors (Lipinski definition) is 3. The first-order chi connectivity index (χ1) is 12.9. The van der Waals surface area contributed by atoms with E-state index in [2.05, 4.69) is 27.7 Å². The highest BCUT2D eigenvalue weighted by molar-refractivity contribution is 5.61. The second-order valence-electron chi connectivity index (χ2n) is 7.74. The van der Waals surface area contributed by atoms with Gasteiger partial charge in [-0.25, -0.2) is 0 Å². The summed E-state index contributed by atoms with van der Waals surface area (Å²) >= 11 is 0. The zero-order valence-electron chi connectivity index (χ0n) is 18.0.